The van der Waals surface area contributed by atoms with Gasteiger partial charge in [0.25, 0.3) is 0 Å². The average molecular weight is 254 g/mol. The van der Waals surface area contributed by atoms with Gasteiger partial charge in [-0.3, -0.25) is 4.90 Å². The van der Waals surface area contributed by atoms with E-state index in [0.29, 0.717) is 18.0 Å². The first kappa shape index (κ1) is 11.5. The molecule has 3 aliphatic heterocycles. The SMILES string of the molecule is CCC1CN2CCC=CC2C2Nc3ccccc3C12. The third-order valence-corrected chi connectivity index (χ3v) is 5.24. The van der Waals surface area contributed by atoms with E-state index in [9.17, 15) is 0 Å². The van der Waals surface area contributed by atoms with Crippen LogP contribution in [0.25, 0.3) is 0 Å². The first-order valence-electron chi connectivity index (χ1n) is 7.64. The maximum Gasteiger partial charge on any atom is 0.0525 e. The molecule has 4 unspecified atom stereocenters. The Kier molecular flexibility index (Phi) is 2.66. The van der Waals surface area contributed by atoms with Crippen LogP contribution in [0.15, 0.2) is 36.4 Å². The van der Waals surface area contributed by atoms with Crippen molar-refractivity contribution in [2.45, 2.75) is 37.8 Å². The van der Waals surface area contributed by atoms with E-state index in [1.165, 1.54) is 31.6 Å². The molecule has 1 aromatic rings. The van der Waals surface area contributed by atoms with Gasteiger partial charge in [-0.05, 0) is 24.0 Å². The van der Waals surface area contributed by atoms with Crippen LogP contribution in [0.3, 0.4) is 0 Å². The topological polar surface area (TPSA) is 15.3 Å². The van der Waals surface area contributed by atoms with Gasteiger partial charge in [0.05, 0.1) is 6.04 Å². The Bertz CT molecular complexity index is 508. The van der Waals surface area contributed by atoms with E-state index in [2.05, 4.69) is 53.6 Å². The molecule has 1 saturated heterocycles. The van der Waals surface area contributed by atoms with Crippen LogP contribution in [0.2, 0.25) is 0 Å². The molecular weight excluding hydrogens is 232 g/mol. The first-order chi connectivity index (χ1) is 9.38. The molecule has 0 aliphatic carbocycles. The molecule has 0 saturated carbocycles. The zero-order valence-electron chi connectivity index (χ0n) is 11.5. The van der Waals surface area contributed by atoms with Crippen LogP contribution < -0.4 is 5.32 Å². The van der Waals surface area contributed by atoms with Gasteiger partial charge < -0.3 is 5.32 Å². The molecule has 0 spiro atoms. The number of piperidine rings is 1. The van der Waals surface area contributed by atoms with Crippen LogP contribution in [-0.4, -0.2) is 30.1 Å². The third-order valence-electron chi connectivity index (χ3n) is 5.24. The van der Waals surface area contributed by atoms with Gasteiger partial charge in [0.1, 0.15) is 0 Å². The molecular formula is C17H22N2. The minimum Gasteiger partial charge on any atom is -0.380 e. The first-order valence-corrected chi connectivity index (χ1v) is 7.64. The summed E-state index contributed by atoms with van der Waals surface area (Å²) in [5.41, 5.74) is 2.93. The summed E-state index contributed by atoms with van der Waals surface area (Å²) in [5.74, 6) is 1.49. The number of rotatable bonds is 1. The number of hydrogen-bond acceptors (Lipinski definition) is 2. The highest BCUT2D eigenvalue weighted by Gasteiger charge is 2.46. The molecule has 0 aromatic heterocycles. The van der Waals surface area contributed by atoms with Gasteiger partial charge in [-0.15, -0.1) is 0 Å². The lowest BCUT2D eigenvalue weighted by atomic mass is 9.74. The molecule has 4 rings (SSSR count). The second-order valence-corrected chi connectivity index (χ2v) is 6.15. The zero-order chi connectivity index (χ0) is 12.8. The predicted molar refractivity (Wildman–Crippen MR) is 79.5 cm³/mol. The highest BCUT2D eigenvalue weighted by Crippen LogP contribution is 2.47. The molecule has 0 amide bonds. The fourth-order valence-electron chi connectivity index (χ4n) is 4.33. The van der Waals surface area contributed by atoms with Crippen molar-refractivity contribution >= 4 is 5.69 Å². The number of hydrogen-bond donors (Lipinski definition) is 1. The molecule has 1 aromatic carbocycles. The molecule has 19 heavy (non-hydrogen) atoms. The molecule has 0 bridgehead atoms. The Morgan fingerprint density at radius 3 is 3.11 bits per heavy atom. The Morgan fingerprint density at radius 1 is 1.32 bits per heavy atom. The van der Waals surface area contributed by atoms with Crippen LogP contribution in [0.5, 0.6) is 0 Å². The molecule has 2 nitrogen and oxygen atoms in total. The van der Waals surface area contributed by atoms with E-state index in [1.807, 2.05) is 0 Å². The Hall–Kier alpha value is -1.28. The highest BCUT2D eigenvalue weighted by atomic mass is 15.2. The second kappa shape index (κ2) is 4.38. The summed E-state index contributed by atoms with van der Waals surface area (Å²) >= 11 is 0. The Balaban J connectivity index is 1.76. The monoisotopic (exact) mass is 254 g/mol. The van der Waals surface area contributed by atoms with Gasteiger partial charge in [0.2, 0.25) is 0 Å². The number of nitrogens with zero attached hydrogens (tertiary/aromatic N) is 1. The van der Waals surface area contributed by atoms with Gasteiger partial charge in [-0.2, -0.15) is 0 Å². The van der Waals surface area contributed by atoms with Gasteiger partial charge >= 0.3 is 0 Å². The van der Waals surface area contributed by atoms with E-state index in [4.69, 9.17) is 0 Å². The lowest BCUT2D eigenvalue weighted by molar-refractivity contribution is 0.101. The third kappa shape index (κ3) is 1.66. The van der Waals surface area contributed by atoms with Gasteiger partial charge in [-0.1, -0.05) is 43.7 Å². The van der Waals surface area contributed by atoms with Crippen molar-refractivity contribution in [3.8, 4) is 0 Å². The molecule has 100 valence electrons. The van der Waals surface area contributed by atoms with E-state index in [0.717, 1.165) is 5.92 Å². The lowest BCUT2D eigenvalue weighted by Crippen LogP contribution is -2.56. The highest BCUT2D eigenvalue weighted by molar-refractivity contribution is 5.60. The normalized spacial score (nSPS) is 36.3. The average Bonchev–Trinajstić information content (AvgIpc) is 2.86. The molecule has 1 N–H and O–H groups in total. The quantitative estimate of drug-likeness (QED) is 0.774. The Morgan fingerprint density at radius 2 is 2.21 bits per heavy atom. The summed E-state index contributed by atoms with van der Waals surface area (Å²) in [6, 6.07) is 10.1. The molecule has 4 atom stereocenters. The van der Waals surface area contributed by atoms with Gasteiger partial charge in [0, 0.05) is 30.7 Å². The standard InChI is InChI=1S/C17H22N2/c1-2-12-11-19-10-6-5-9-15(19)17-16(12)13-7-3-4-8-14(13)18-17/h3-5,7-9,12,15-18H,2,6,10-11H2,1H3. The second-order valence-electron chi connectivity index (χ2n) is 6.15. The largest absolute Gasteiger partial charge is 0.380 e. The predicted octanol–water partition coefficient (Wildman–Crippen LogP) is 3.23. The van der Waals surface area contributed by atoms with Crippen molar-refractivity contribution in [3.05, 3.63) is 42.0 Å². The van der Waals surface area contributed by atoms with Crippen LogP contribution in [0.1, 0.15) is 31.2 Å². The maximum atomic E-state index is 3.81. The van der Waals surface area contributed by atoms with Crippen molar-refractivity contribution in [2.75, 3.05) is 18.4 Å². The van der Waals surface area contributed by atoms with E-state index in [1.54, 1.807) is 5.56 Å². The van der Waals surface area contributed by atoms with Crippen LogP contribution in [-0.2, 0) is 0 Å². The van der Waals surface area contributed by atoms with Crippen LogP contribution in [0, 0.1) is 5.92 Å². The number of para-hydroxylation sites is 1. The molecule has 2 heteroatoms. The summed E-state index contributed by atoms with van der Waals surface area (Å²) in [5, 5.41) is 3.81. The molecule has 3 aliphatic rings. The lowest BCUT2D eigenvalue weighted by Gasteiger charge is -2.47. The van der Waals surface area contributed by atoms with E-state index >= 15 is 0 Å². The van der Waals surface area contributed by atoms with Gasteiger partial charge in [0.15, 0.2) is 0 Å². The van der Waals surface area contributed by atoms with Crippen molar-refractivity contribution in [2.24, 2.45) is 5.92 Å². The number of anilines is 1. The van der Waals surface area contributed by atoms with E-state index < -0.39 is 0 Å². The Labute approximate surface area is 115 Å². The summed E-state index contributed by atoms with van der Waals surface area (Å²) in [6.45, 7) is 4.85. The van der Waals surface area contributed by atoms with Gasteiger partial charge in [-0.25, -0.2) is 0 Å². The van der Waals surface area contributed by atoms with Crippen molar-refractivity contribution < 1.29 is 0 Å². The summed E-state index contributed by atoms with van der Waals surface area (Å²) < 4.78 is 0. The fraction of sp³-hybridized carbons (Fsp3) is 0.529. The minimum atomic E-state index is 0.577. The maximum absolute atomic E-state index is 3.81. The van der Waals surface area contributed by atoms with Crippen molar-refractivity contribution in [1.82, 2.24) is 4.90 Å². The van der Waals surface area contributed by atoms with E-state index in [-0.39, 0.29) is 0 Å². The van der Waals surface area contributed by atoms with Crippen LogP contribution >= 0.6 is 0 Å². The zero-order valence-corrected chi connectivity index (χ0v) is 11.5. The fourth-order valence-corrected chi connectivity index (χ4v) is 4.33. The molecule has 1 fully saturated rings. The van der Waals surface area contributed by atoms with Crippen molar-refractivity contribution in [1.29, 1.82) is 0 Å². The number of benzene rings is 1. The summed E-state index contributed by atoms with van der Waals surface area (Å²) in [4.78, 5) is 2.69. The summed E-state index contributed by atoms with van der Waals surface area (Å²) in [6.07, 6.45) is 7.31. The van der Waals surface area contributed by atoms with Crippen LogP contribution in [0.4, 0.5) is 5.69 Å². The smallest absolute Gasteiger partial charge is 0.0525 e. The number of nitrogens with one attached hydrogen (secondary N) is 1. The van der Waals surface area contributed by atoms with Crippen molar-refractivity contribution in [3.63, 3.8) is 0 Å². The minimum absolute atomic E-state index is 0.577. The molecule has 0 radical (unpaired) electrons. The summed E-state index contributed by atoms with van der Waals surface area (Å²) in [7, 11) is 0. The number of fused-ring (bicyclic) bond motifs is 5. The molecule has 3 heterocycles.